The van der Waals surface area contributed by atoms with Crippen molar-refractivity contribution in [2.24, 2.45) is 0 Å². The van der Waals surface area contributed by atoms with Gasteiger partial charge in [-0.1, -0.05) is 0 Å². The van der Waals surface area contributed by atoms with Gasteiger partial charge in [-0.15, -0.1) is 0 Å². The molecule has 3 aromatic rings. The van der Waals surface area contributed by atoms with E-state index in [1.807, 2.05) is 6.92 Å². The summed E-state index contributed by atoms with van der Waals surface area (Å²) in [6, 6.07) is 6.29. The van der Waals surface area contributed by atoms with Crippen LogP contribution in [0.4, 0.5) is 15.9 Å². The second kappa shape index (κ2) is 9.19. The first-order chi connectivity index (χ1) is 15.8. The van der Waals surface area contributed by atoms with Gasteiger partial charge in [0.1, 0.15) is 23.2 Å². The number of nitrogens with one attached hydrogen (secondary N) is 1. The number of carbonyl (C=O) groups is 1. The van der Waals surface area contributed by atoms with E-state index in [9.17, 15) is 9.18 Å². The largest absolute Gasteiger partial charge is 0.496 e. The minimum absolute atomic E-state index is 0.131. The lowest BCUT2D eigenvalue weighted by atomic mass is 10.0. The Bertz CT molecular complexity index is 1210. The van der Waals surface area contributed by atoms with E-state index in [1.54, 1.807) is 43.0 Å². The summed E-state index contributed by atoms with van der Waals surface area (Å²) in [7, 11) is 1.52. The molecule has 9 heteroatoms. The third-order valence-corrected chi connectivity index (χ3v) is 5.78. The Labute approximate surface area is 191 Å². The molecule has 174 valence electrons. The van der Waals surface area contributed by atoms with Gasteiger partial charge in [-0.25, -0.2) is 14.4 Å². The van der Waals surface area contributed by atoms with Crippen LogP contribution in [0.1, 0.15) is 40.3 Å². The zero-order valence-electron chi connectivity index (χ0n) is 19.2. The van der Waals surface area contributed by atoms with Gasteiger partial charge in [0.15, 0.2) is 0 Å². The third-order valence-electron chi connectivity index (χ3n) is 5.78. The highest BCUT2D eigenvalue weighted by Gasteiger charge is 2.24. The van der Waals surface area contributed by atoms with Crippen molar-refractivity contribution in [1.82, 2.24) is 14.9 Å². The van der Waals surface area contributed by atoms with Crippen molar-refractivity contribution < 1.29 is 18.7 Å². The molecule has 0 unspecified atom stereocenters. The van der Waals surface area contributed by atoms with E-state index in [4.69, 9.17) is 15.2 Å². The first kappa shape index (κ1) is 22.7. The summed E-state index contributed by atoms with van der Waals surface area (Å²) in [6.07, 6.45) is 0. The molecule has 2 heterocycles. The normalized spacial score (nSPS) is 14.9. The molecule has 1 atom stereocenters. The van der Waals surface area contributed by atoms with Crippen LogP contribution in [-0.2, 0) is 4.74 Å². The number of anilines is 2. The summed E-state index contributed by atoms with van der Waals surface area (Å²) in [6.45, 7) is 7.37. The zero-order valence-corrected chi connectivity index (χ0v) is 19.2. The number of amides is 1. The standard InChI is InChI=1S/C24H28FN5O3/c1-13-9-16(26)10-17(22(13)25)14(2)27-23-18-12-21(32-4)19(11-20(18)28-15(3)29-23)24(31)30-5-7-33-8-6-30/h9-12,14H,5-8,26H2,1-4H3,(H,27,28,29)/t14-/m1/s1. The predicted octanol–water partition coefficient (Wildman–Crippen LogP) is 3.62. The van der Waals surface area contributed by atoms with Gasteiger partial charge in [-0.2, -0.15) is 0 Å². The van der Waals surface area contributed by atoms with E-state index in [0.717, 1.165) is 0 Å². The van der Waals surface area contributed by atoms with Gasteiger partial charge in [0.05, 0.1) is 37.4 Å². The van der Waals surface area contributed by atoms with Crippen LogP contribution in [0.3, 0.4) is 0 Å². The number of ether oxygens (including phenoxy) is 2. The average Bonchev–Trinajstić information content (AvgIpc) is 2.80. The van der Waals surface area contributed by atoms with E-state index in [2.05, 4.69) is 15.3 Å². The average molecular weight is 454 g/mol. The van der Waals surface area contributed by atoms with Gasteiger partial charge in [0, 0.05) is 29.7 Å². The smallest absolute Gasteiger partial charge is 0.257 e. The molecule has 3 N–H and O–H groups in total. The molecule has 0 bridgehead atoms. The topological polar surface area (TPSA) is 103 Å². The van der Waals surface area contributed by atoms with Crippen LogP contribution in [-0.4, -0.2) is 54.2 Å². The molecule has 1 amide bonds. The van der Waals surface area contributed by atoms with Crippen LogP contribution < -0.4 is 15.8 Å². The lowest BCUT2D eigenvalue weighted by Crippen LogP contribution is -2.40. The van der Waals surface area contributed by atoms with Crippen molar-refractivity contribution in [3.8, 4) is 5.75 Å². The van der Waals surface area contributed by atoms with Crippen LogP contribution in [0.5, 0.6) is 5.75 Å². The number of hydrogen-bond acceptors (Lipinski definition) is 7. The molecular formula is C24H28FN5O3. The molecule has 0 aliphatic carbocycles. The van der Waals surface area contributed by atoms with Crippen molar-refractivity contribution in [2.45, 2.75) is 26.8 Å². The number of nitrogens with zero attached hydrogens (tertiary/aromatic N) is 3. The number of nitrogen functional groups attached to an aromatic ring is 1. The highest BCUT2D eigenvalue weighted by molar-refractivity contribution is 6.02. The number of nitrogens with two attached hydrogens (primary N) is 1. The number of halogens is 1. The van der Waals surface area contributed by atoms with Crippen molar-refractivity contribution in [2.75, 3.05) is 44.5 Å². The molecule has 1 aliphatic rings. The number of morpholine rings is 1. The Kier molecular flexibility index (Phi) is 6.33. The maximum Gasteiger partial charge on any atom is 0.257 e. The summed E-state index contributed by atoms with van der Waals surface area (Å²) >= 11 is 0. The van der Waals surface area contributed by atoms with E-state index < -0.39 is 6.04 Å². The van der Waals surface area contributed by atoms with Gasteiger partial charge in [-0.3, -0.25) is 4.79 Å². The third kappa shape index (κ3) is 4.54. The van der Waals surface area contributed by atoms with Crippen LogP contribution >= 0.6 is 0 Å². The number of hydrogen-bond donors (Lipinski definition) is 2. The highest BCUT2D eigenvalue weighted by Crippen LogP contribution is 2.33. The summed E-state index contributed by atoms with van der Waals surface area (Å²) < 4.78 is 25.7. The molecule has 1 saturated heterocycles. The van der Waals surface area contributed by atoms with Gasteiger partial charge < -0.3 is 25.4 Å². The number of aromatic nitrogens is 2. The summed E-state index contributed by atoms with van der Waals surface area (Å²) in [5, 5.41) is 3.96. The van der Waals surface area contributed by atoms with Gasteiger partial charge >= 0.3 is 0 Å². The second-order valence-corrected chi connectivity index (χ2v) is 8.20. The minimum atomic E-state index is -0.412. The van der Waals surface area contributed by atoms with Crippen molar-refractivity contribution in [1.29, 1.82) is 0 Å². The molecule has 0 saturated carbocycles. The number of rotatable bonds is 5. The zero-order chi connectivity index (χ0) is 23.7. The Hall–Kier alpha value is -3.46. The summed E-state index contributed by atoms with van der Waals surface area (Å²) in [5.74, 6) is 1.03. The van der Waals surface area contributed by atoms with Crippen molar-refractivity contribution in [3.63, 3.8) is 0 Å². The molecule has 0 spiro atoms. The molecule has 0 radical (unpaired) electrons. The van der Waals surface area contributed by atoms with Crippen molar-refractivity contribution >= 4 is 28.3 Å². The number of carbonyl (C=O) groups excluding carboxylic acids is 1. The number of benzene rings is 2. The van der Waals surface area contributed by atoms with Crippen LogP contribution in [0.25, 0.3) is 10.9 Å². The molecule has 2 aromatic carbocycles. The van der Waals surface area contributed by atoms with Crippen LogP contribution in [0.2, 0.25) is 0 Å². The Morgan fingerprint density at radius 3 is 2.64 bits per heavy atom. The van der Waals surface area contributed by atoms with E-state index in [0.29, 0.717) is 77.0 Å². The number of methoxy groups -OCH3 is 1. The van der Waals surface area contributed by atoms with Crippen molar-refractivity contribution in [3.05, 3.63) is 52.6 Å². The first-order valence-corrected chi connectivity index (χ1v) is 10.8. The Morgan fingerprint density at radius 1 is 1.21 bits per heavy atom. The number of fused-ring (bicyclic) bond motifs is 1. The SMILES string of the molecule is COc1cc2c(N[C@H](C)c3cc(N)cc(C)c3F)nc(C)nc2cc1C(=O)N1CCOCC1. The van der Waals surface area contributed by atoms with Crippen LogP contribution in [0.15, 0.2) is 24.3 Å². The molecule has 33 heavy (non-hydrogen) atoms. The molecule has 1 aromatic heterocycles. The Morgan fingerprint density at radius 2 is 1.94 bits per heavy atom. The first-order valence-electron chi connectivity index (χ1n) is 10.8. The van der Waals surface area contributed by atoms with Gasteiger partial charge in [0.25, 0.3) is 5.91 Å². The lowest BCUT2D eigenvalue weighted by molar-refractivity contribution is 0.0301. The fourth-order valence-corrected chi connectivity index (χ4v) is 4.08. The fourth-order valence-electron chi connectivity index (χ4n) is 4.08. The quantitative estimate of drug-likeness (QED) is 0.569. The van der Waals surface area contributed by atoms with Gasteiger partial charge in [-0.05, 0) is 50.6 Å². The monoisotopic (exact) mass is 453 g/mol. The summed E-state index contributed by atoms with van der Waals surface area (Å²) in [5.41, 5.74) is 8.39. The molecule has 8 nitrogen and oxygen atoms in total. The molecule has 1 aliphatic heterocycles. The van der Waals surface area contributed by atoms with E-state index in [1.165, 1.54) is 7.11 Å². The lowest BCUT2D eigenvalue weighted by Gasteiger charge is -2.27. The van der Waals surface area contributed by atoms with E-state index in [-0.39, 0.29) is 11.7 Å². The van der Waals surface area contributed by atoms with Gasteiger partial charge in [0.2, 0.25) is 0 Å². The highest BCUT2D eigenvalue weighted by atomic mass is 19.1. The summed E-state index contributed by atoms with van der Waals surface area (Å²) in [4.78, 5) is 23.9. The van der Waals surface area contributed by atoms with Crippen LogP contribution in [0, 0.1) is 19.7 Å². The fraction of sp³-hybridized carbons (Fsp3) is 0.375. The number of aryl methyl sites for hydroxylation is 2. The minimum Gasteiger partial charge on any atom is -0.496 e. The maximum atomic E-state index is 14.8. The molecule has 4 rings (SSSR count). The maximum absolute atomic E-state index is 14.8. The second-order valence-electron chi connectivity index (χ2n) is 8.20. The molecule has 1 fully saturated rings. The Balaban J connectivity index is 1.75. The predicted molar refractivity (Wildman–Crippen MR) is 125 cm³/mol. The van der Waals surface area contributed by atoms with E-state index >= 15 is 0 Å². The molecular weight excluding hydrogens is 425 g/mol.